The lowest BCUT2D eigenvalue weighted by molar-refractivity contribution is 0.00908. The van der Waals surface area contributed by atoms with Gasteiger partial charge in [0.2, 0.25) is 0 Å². The fourth-order valence-electron chi connectivity index (χ4n) is 6.27. The number of benzene rings is 1. The van der Waals surface area contributed by atoms with Crippen LogP contribution in [0.25, 0.3) is 0 Å². The number of rotatable bonds is 2. The van der Waals surface area contributed by atoms with Gasteiger partial charge in [0.15, 0.2) is 0 Å². The Bertz CT molecular complexity index is 867. The van der Waals surface area contributed by atoms with E-state index < -0.39 is 5.97 Å². The zero-order chi connectivity index (χ0) is 20.7. The number of carbonyl (C=O) groups is 2. The first kappa shape index (κ1) is 19.6. The van der Waals surface area contributed by atoms with E-state index >= 15 is 0 Å². The number of amides is 2. The van der Waals surface area contributed by atoms with E-state index in [1.54, 1.807) is 18.2 Å². The van der Waals surface area contributed by atoms with E-state index in [2.05, 4.69) is 16.3 Å². The third-order valence-electron chi connectivity index (χ3n) is 7.49. The van der Waals surface area contributed by atoms with Crippen LogP contribution in [0.15, 0.2) is 35.9 Å². The first-order chi connectivity index (χ1) is 14.7. The summed E-state index contributed by atoms with van der Waals surface area (Å²) in [7, 11) is 1.36. The van der Waals surface area contributed by atoms with Crippen molar-refractivity contribution in [3.63, 3.8) is 0 Å². The molecule has 160 valence electrons. The molecule has 4 unspecified atom stereocenters. The quantitative estimate of drug-likeness (QED) is 0.594. The monoisotopic (exact) mass is 409 g/mol. The number of methoxy groups -OCH3 is 1. The number of urea groups is 1. The molecule has 3 heterocycles. The fourth-order valence-corrected chi connectivity index (χ4v) is 6.27. The highest BCUT2D eigenvalue weighted by Gasteiger charge is 2.47. The maximum atomic E-state index is 13.4. The van der Waals surface area contributed by atoms with Crippen LogP contribution in [0.2, 0.25) is 0 Å². The van der Waals surface area contributed by atoms with Crippen LogP contribution in [0, 0.1) is 11.8 Å². The number of nitrogens with one attached hydrogen (secondary N) is 1. The van der Waals surface area contributed by atoms with E-state index in [4.69, 9.17) is 4.74 Å². The zero-order valence-corrected chi connectivity index (χ0v) is 17.7. The van der Waals surface area contributed by atoms with Crippen LogP contribution in [0.3, 0.4) is 0 Å². The third kappa shape index (κ3) is 3.41. The van der Waals surface area contributed by atoms with Crippen molar-refractivity contribution in [1.29, 1.82) is 0 Å². The minimum atomic E-state index is -0.436. The van der Waals surface area contributed by atoms with Gasteiger partial charge in [-0.3, -0.25) is 4.90 Å². The van der Waals surface area contributed by atoms with E-state index in [-0.39, 0.29) is 12.1 Å². The number of nitrogens with zero attached hydrogens (tertiary/aromatic N) is 2. The van der Waals surface area contributed by atoms with Crippen molar-refractivity contribution in [1.82, 2.24) is 9.80 Å². The summed E-state index contributed by atoms with van der Waals surface area (Å²) in [5.41, 5.74) is 2.36. The van der Waals surface area contributed by atoms with Gasteiger partial charge in [0.05, 0.1) is 24.4 Å². The standard InChI is InChI=1S/C24H31N3O3/c1-30-23(28)19-8-2-3-9-20(19)25-24(29)27-12-6-7-16-13-17-14-18(22(16)27)15-26-11-5-4-10-21(17)26/h2-3,8-9,13,17-18,21-22H,4-7,10-12,14-15H2,1H3,(H,25,29). The van der Waals surface area contributed by atoms with Crippen LogP contribution in [0.1, 0.15) is 48.9 Å². The molecule has 4 atom stereocenters. The Balaban J connectivity index is 1.39. The highest BCUT2D eigenvalue weighted by Crippen LogP contribution is 2.45. The van der Waals surface area contributed by atoms with Gasteiger partial charge in [-0.1, -0.05) is 30.2 Å². The topological polar surface area (TPSA) is 61.9 Å². The molecule has 6 nitrogen and oxygen atoms in total. The van der Waals surface area contributed by atoms with Crippen molar-refractivity contribution in [2.75, 3.05) is 32.1 Å². The minimum Gasteiger partial charge on any atom is -0.465 e. The molecule has 30 heavy (non-hydrogen) atoms. The molecule has 1 aromatic rings. The van der Waals surface area contributed by atoms with Crippen LogP contribution < -0.4 is 5.32 Å². The lowest BCUT2D eigenvalue weighted by atomic mass is 9.68. The largest absolute Gasteiger partial charge is 0.465 e. The van der Waals surface area contributed by atoms with Gasteiger partial charge in [-0.2, -0.15) is 0 Å². The Morgan fingerprint density at radius 1 is 1.13 bits per heavy atom. The molecule has 1 aromatic carbocycles. The van der Waals surface area contributed by atoms with Crippen molar-refractivity contribution >= 4 is 17.7 Å². The number of hydrogen-bond donors (Lipinski definition) is 1. The van der Waals surface area contributed by atoms with Gasteiger partial charge in [-0.15, -0.1) is 0 Å². The second kappa shape index (κ2) is 8.06. The third-order valence-corrected chi connectivity index (χ3v) is 7.49. The predicted molar refractivity (Wildman–Crippen MR) is 115 cm³/mol. The average molecular weight is 410 g/mol. The normalized spacial score (nSPS) is 30.6. The highest BCUT2D eigenvalue weighted by atomic mass is 16.5. The van der Waals surface area contributed by atoms with Gasteiger partial charge in [-0.25, -0.2) is 9.59 Å². The van der Waals surface area contributed by atoms with Crippen LogP contribution in [0.5, 0.6) is 0 Å². The maximum Gasteiger partial charge on any atom is 0.339 e. The van der Waals surface area contributed by atoms with E-state index in [9.17, 15) is 9.59 Å². The van der Waals surface area contributed by atoms with E-state index in [1.807, 2.05) is 11.0 Å². The fraction of sp³-hybridized carbons (Fsp3) is 0.583. The van der Waals surface area contributed by atoms with Crippen LogP contribution in [-0.4, -0.2) is 60.6 Å². The van der Waals surface area contributed by atoms with E-state index in [0.29, 0.717) is 29.1 Å². The summed E-state index contributed by atoms with van der Waals surface area (Å²) in [6.07, 6.45) is 9.78. The molecular formula is C24H31N3O3. The number of ether oxygens (including phenoxy) is 1. The zero-order valence-electron chi connectivity index (χ0n) is 17.7. The predicted octanol–water partition coefficient (Wildman–Crippen LogP) is 3.90. The maximum absolute atomic E-state index is 13.4. The average Bonchev–Trinajstić information content (AvgIpc) is 2.78. The van der Waals surface area contributed by atoms with Crippen molar-refractivity contribution in [3.05, 3.63) is 41.5 Å². The number of carbonyl (C=O) groups excluding carboxylic acids is 2. The Morgan fingerprint density at radius 3 is 2.87 bits per heavy atom. The molecule has 3 fully saturated rings. The summed E-state index contributed by atoms with van der Waals surface area (Å²) < 4.78 is 4.88. The second-order valence-electron chi connectivity index (χ2n) is 9.17. The molecule has 1 N–H and O–H groups in total. The molecule has 0 radical (unpaired) electrons. The summed E-state index contributed by atoms with van der Waals surface area (Å²) in [5, 5.41) is 3.00. The molecule has 3 aliphatic heterocycles. The SMILES string of the molecule is COC(=O)c1ccccc1NC(=O)N1CCCC2=CC3CC(CN4CCCCC34)C21. The van der Waals surface area contributed by atoms with Gasteiger partial charge >= 0.3 is 12.0 Å². The van der Waals surface area contributed by atoms with Gasteiger partial charge in [0.1, 0.15) is 0 Å². The molecule has 6 heteroatoms. The molecule has 5 rings (SSSR count). The molecule has 0 aromatic heterocycles. The summed E-state index contributed by atoms with van der Waals surface area (Å²) in [4.78, 5) is 30.2. The smallest absolute Gasteiger partial charge is 0.339 e. The van der Waals surface area contributed by atoms with Crippen molar-refractivity contribution in [3.8, 4) is 0 Å². The first-order valence-electron chi connectivity index (χ1n) is 11.4. The van der Waals surface area contributed by atoms with E-state index in [1.165, 1.54) is 44.9 Å². The number of piperidine rings is 3. The van der Waals surface area contributed by atoms with Crippen LogP contribution in [-0.2, 0) is 4.74 Å². The molecule has 4 aliphatic rings. The summed E-state index contributed by atoms with van der Waals surface area (Å²) in [6.45, 7) is 3.07. The molecule has 3 saturated heterocycles. The summed E-state index contributed by atoms with van der Waals surface area (Å²) >= 11 is 0. The van der Waals surface area contributed by atoms with Gasteiger partial charge < -0.3 is 15.0 Å². The lowest BCUT2D eigenvalue weighted by Crippen LogP contribution is -2.60. The molecular weight excluding hydrogens is 378 g/mol. The van der Waals surface area contributed by atoms with Crippen molar-refractivity contribution in [2.45, 2.75) is 50.6 Å². The Morgan fingerprint density at radius 2 is 2.00 bits per heavy atom. The first-order valence-corrected chi connectivity index (χ1v) is 11.4. The van der Waals surface area contributed by atoms with Crippen LogP contribution in [0.4, 0.5) is 10.5 Å². The van der Waals surface area contributed by atoms with Gasteiger partial charge in [0.25, 0.3) is 0 Å². The Kier molecular flexibility index (Phi) is 5.27. The Labute approximate surface area is 178 Å². The second-order valence-corrected chi connectivity index (χ2v) is 9.17. The summed E-state index contributed by atoms with van der Waals surface area (Å²) in [6, 6.07) is 7.84. The minimum absolute atomic E-state index is 0.110. The van der Waals surface area contributed by atoms with Crippen molar-refractivity contribution in [2.24, 2.45) is 11.8 Å². The lowest BCUT2D eigenvalue weighted by Gasteiger charge is -2.54. The number of para-hydroxylation sites is 1. The number of esters is 1. The van der Waals surface area contributed by atoms with Crippen LogP contribution >= 0.6 is 0 Å². The molecule has 0 saturated carbocycles. The molecule has 2 bridgehead atoms. The number of fused-ring (bicyclic) bond motifs is 6. The molecule has 1 aliphatic carbocycles. The summed E-state index contributed by atoms with van der Waals surface area (Å²) in [5.74, 6) is 0.721. The van der Waals surface area contributed by atoms with Crippen molar-refractivity contribution < 1.29 is 14.3 Å². The van der Waals surface area contributed by atoms with E-state index in [0.717, 1.165) is 25.9 Å². The molecule has 0 spiro atoms. The molecule has 2 amide bonds. The van der Waals surface area contributed by atoms with Gasteiger partial charge in [-0.05, 0) is 62.6 Å². The number of anilines is 1. The number of likely N-dealkylation sites (tertiary alicyclic amines) is 1. The Hall–Kier alpha value is -2.34. The van der Waals surface area contributed by atoms with Gasteiger partial charge in [0, 0.05) is 19.1 Å². The highest BCUT2D eigenvalue weighted by molar-refractivity contribution is 6.00. The number of hydrogen-bond acceptors (Lipinski definition) is 4.